The lowest BCUT2D eigenvalue weighted by molar-refractivity contribution is -0.189. The quantitative estimate of drug-likeness (QED) is 0.592. The number of hydrogen-bond acceptors (Lipinski definition) is 3. The molecular weight excluding hydrogens is 180 g/mol. The molecule has 2 rings (SSSR count). The van der Waals surface area contributed by atoms with E-state index in [4.69, 9.17) is 4.74 Å². The molecule has 0 radical (unpaired) electrons. The zero-order chi connectivity index (χ0) is 10.2. The summed E-state index contributed by atoms with van der Waals surface area (Å²) in [5.74, 6) is 0.160. The molecular formula is C10H18N2O2. The highest BCUT2D eigenvalue weighted by Crippen LogP contribution is 2.28. The number of amides is 1. The molecule has 0 aromatic carbocycles. The van der Waals surface area contributed by atoms with Gasteiger partial charge in [0, 0.05) is 20.0 Å². The molecule has 2 aliphatic rings. The number of likely N-dealkylation sites (N-methyl/N-ethyl adjacent to an activating group) is 1. The van der Waals surface area contributed by atoms with Crippen LogP contribution in [0.15, 0.2) is 0 Å². The Bertz CT molecular complexity index is 236. The van der Waals surface area contributed by atoms with E-state index < -0.39 is 0 Å². The number of carbonyl (C=O) groups is 1. The number of carbonyl (C=O) groups excluding carboxylic acids is 1. The molecule has 80 valence electrons. The van der Waals surface area contributed by atoms with Gasteiger partial charge < -0.3 is 9.64 Å². The van der Waals surface area contributed by atoms with Crippen molar-refractivity contribution in [1.82, 2.24) is 9.80 Å². The zero-order valence-electron chi connectivity index (χ0n) is 8.95. The summed E-state index contributed by atoms with van der Waals surface area (Å²) in [7, 11) is 0. The monoisotopic (exact) mass is 198 g/mol. The lowest BCUT2D eigenvalue weighted by Gasteiger charge is -2.53. The molecule has 4 heteroatoms. The molecule has 14 heavy (non-hydrogen) atoms. The average Bonchev–Trinajstić information content (AvgIpc) is 2.14. The summed E-state index contributed by atoms with van der Waals surface area (Å²) in [6, 6.07) is 0. The Morgan fingerprint density at radius 2 is 2.14 bits per heavy atom. The van der Waals surface area contributed by atoms with Gasteiger partial charge in [-0.2, -0.15) is 0 Å². The predicted molar refractivity (Wildman–Crippen MR) is 53.1 cm³/mol. The maximum atomic E-state index is 11.1. The Kier molecular flexibility index (Phi) is 2.49. The topological polar surface area (TPSA) is 32.8 Å². The molecule has 0 saturated carbocycles. The molecule has 0 aromatic heterocycles. The van der Waals surface area contributed by atoms with E-state index in [0.29, 0.717) is 0 Å². The van der Waals surface area contributed by atoms with Gasteiger partial charge in [0.05, 0.1) is 19.7 Å². The number of nitrogens with zero attached hydrogens (tertiary/aromatic N) is 2. The van der Waals surface area contributed by atoms with Gasteiger partial charge in [0.25, 0.3) is 0 Å². The second-order valence-corrected chi connectivity index (χ2v) is 4.28. The summed E-state index contributed by atoms with van der Waals surface area (Å²) in [6.07, 6.45) is 0. The summed E-state index contributed by atoms with van der Waals surface area (Å²) in [4.78, 5) is 15.3. The van der Waals surface area contributed by atoms with Crippen molar-refractivity contribution in [3.63, 3.8) is 0 Å². The normalized spacial score (nSPS) is 26.3. The fourth-order valence-electron chi connectivity index (χ4n) is 2.26. The van der Waals surface area contributed by atoms with Crippen LogP contribution in [0, 0.1) is 0 Å². The number of rotatable bonds is 1. The lowest BCUT2D eigenvalue weighted by Crippen LogP contribution is -2.70. The zero-order valence-corrected chi connectivity index (χ0v) is 8.95. The van der Waals surface area contributed by atoms with Gasteiger partial charge in [0.1, 0.15) is 5.60 Å². The molecule has 1 spiro atoms. The number of hydrogen-bond donors (Lipinski definition) is 0. The van der Waals surface area contributed by atoms with Gasteiger partial charge in [-0.25, -0.2) is 0 Å². The molecule has 2 aliphatic heterocycles. The van der Waals surface area contributed by atoms with E-state index in [1.807, 2.05) is 4.90 Å². The Balaban J connectivity index is 1.90. The molecule has 2 fully saturated rings. The van der Waals surface area contributed by atoms with Gasteiger partial charge in [0.2, 0.25) is 5.91 Å². The second-order valence-electron chi connectivity index (χ2n) is 4.28. The first-order valence-electron chi connectivity index (χ1n) is 5.27. The van der Waals surface area contributed by atoms with Crippen LogP contribution in [0.1, 0.15) is 13.8 Å². The van der Waals surface area contributed by atoms with Crippen LogP contribution in [0.2, 0.25) is 0 Å². The summed E-state index contributed by atoms with van der Waals surface area (Å²) in [5, 5.41) is 0. The van der Waals surface area contributed by atoms with E-state index in [9.17, 15) is 4.79 Å². The third kappa shape index (κ3) is 1.64. The van der Waals surface area contributed by atoms with Gasteiger partial charge in [-0.05, 0) is 6.54 Å². The molecule has 2 heterocycles. The van der Waals surface area contributed by atoms with Crippen LogP contribution in [0.25, 0.3) is 0 Å². The summed E-state index contributed by atoms with van der Waals surface area (Å²) >= 11 is 0. The highest BCUT2D eigenvalue weighted by molar-refractivity contribution is 5.74. The van der Waals surface area contributed by atoms with Gasteiger partial charge in [0.15, 0.2) is 0 Å². The second kappa shape index (κ2) is 3.51. The minimum absolute atomic E-state index is 0.0417. The summed E-state index contributed by atoms with van der Waals surface area (Å²) < 4.78 is 5.78. The highest BCUT2D eigenvalue weighted by atomic mass is 16.5. The van der Waals surface area contributed by atoms with E-state index in [2.05, 4.69) is 11.8 Å². The SMILES string of the molecule is CCN1CCOC2(C1)CN(C(C)=O)C2. The number of ether oxygens (including phenoxy) is 1. The van der Waals surface area contributed by atoms with Crippen LogP contribution in [0.4, 0.5) is 0 Å². The van der Waals surface area contributed by atoms with Crippen LogP contribution in [0.5, 0.6) is 0 Å². The van der Waals surface area contributed by atoms with Crippen LogP contribution in [-0.4, -0.2) is 60.6 Å². The van der Waals surface area contributed by atoms with Gasteiger partial charge in [-0.3, -0.25) is 9.69 Å². The molecule has 0 unspecified atom stereocenters. The smallest absolute Gasteiger partial charge is 0.219 e. The van der Waals surface area contributed by atoms with Crippen molar-refractivity contribution in [1.29, 1.82) is 0 Å². The fourth-order valence-corrected chi connectivity index (χ4v) is 2.26. The van der Waals surface area contributed by atoms with Crippen molar-refractivity contribution in [2.75, 3.05) is 39.3 Å². The van der Waals surface area contributed by atoms with Gasteiger partial charge in [-0.1, -0.05) is 6.92 Å². The van der Waals surface area contributed by atoms with Crippen molar-refractivity contribution < 1.29 is 9.53 Å². The fraction of sp³-hybridized carbons (Fsp3) is 0.900. The third-order valence-electron chi connectivity index (χ3n) is 3.18. The molecule has 0 aliphatic carbocycles. The molecule has 0 bridgehead atoms. The maximum absolute atomic E-state index is 11.1. The molecule has 4 nitrogen and oxygen atoms in total. The van der Waals surface area contributed by atoms with Crippen LogP contribution in [0.3, 0.4) is 0 Å². The largest absolute Gasteiger partial charge is 0.369 e. The molecule has 2 saturated heterocycles. The van der Waals surface area contributed by atoms with Crippen molar-refractivity contribution in [2.24, 2.45) is 0 Å². The first-order chi connectivity index (χ1) is 6.65. The van der Waals surface area contributed by atoms with E-state index in [1.54, 1.807) is 6.92 Å². The molecule has 0 aromatic rings. The van der Waals surface area contributed by atoms with E-state index >= 15 is 0 Å². The minimum atomic E-state index is -0.0417. The first kappa shape index (κ1) is 9.93. The minimum Gasteiger partial charge on any atom is -0.369 e. The summed E-state index contributed by atoms with van der Waals surface area (Å²) in [5.41, 5.74) is -0.0417. The maximum Gasteiger partial charge on any atom is 0.219 e. The van der Waals surface area contributed by atoms with E-state index in [0.717, 1.165) is 39.3 Å². The van der Waals surface area contributed by atoms with E-state index in [1.165, 1.54) is 0 Å². The number of morpholine rings is 1. The van der Waals surface area contributed by atoms with Crippen molar-refractivity contribution in [3.05, 3.63) is 0 Å². The highest BCUT2D eigenvalue weighted by Gasteiger charge is 2.47. The van der Waals surface area contributed by atoms with Gasteiger partial charge >= 0.3 is 0 Å². The Labute approximate surface area is 84.8 Å². The van der Waals surface area contributed by atoms with Gasteiger partial charge in [-0.15, -0.1) is 0 Å². The lowest BCUT2D eigenvalue weighted by atomic mass is 9.92. The Morgan fingerprint density at radius 3 is 2.71 bits per heavy atom. The molecule has 1 amide bonds. The third-order valence-corrected chi connectivity index (χ3v) is 3.18. The Hall–Kier alpha value is -0.610. The van der Waals surface area contributed by atoms with Crippen molar-refractivity contribution >= 4 is 5.91 Å². The van der Waals surface area contributed by atoms with E-state index in [-0.39, 0.29) is 11.5 Å². The molecule has 0 N–H and O–H groups in total. The average molecular weight is 198 g/mol. The summed E-state index contributed by atoms with van der Waals surface area (Å²) in [6.45, 7) is 9.22. The van der Waals surface area contributed by atoms with Crippen molar-refractivity contribution in [3.8, 4) is 0 Å². The number of likely N-dealkylation sites (tertiary alicyclic amines) is 1. The predicted octanol–water partition coefficient (Wildman–Crippen LogP) is -0.0606. The van der Waals surface area contributed by atoms with Crippen LogP contribution in [-0.2, 0) is 9.53 Å². The standard InChI is InChI=1S/C10H18N2O2/c1-3-11-4-5-14-10(6-11)7-12(8-10)9(2)13/h3-8H2,1-2H3. The van der Waals surface area contributed by atoms with Crippen molar-refractivity contribution in [2.45, 2.75) is 19.4 Å². The van der Waals surface area contributed by atoms with Crippen LogP contribution < -0.4 is 0 Å². The van der Waals surface area contributed by atoms with Crippen LogP contribution >= 0.6 is 0 Å². The molecule has 0 atom stereocenters. The first-order valence-corrected chi connectivity index (χ1v) is 5.27. The Morgan fingerprint density at radius 1 is 1.43 bits per heavy atom.